The van der Waals surface area contributed by atoms with Crippen molar-refractivity contribution in [2.45, 2.75) is 44.3 Å². The predicted octanol–water partition coefficient (Wildman–Crippen LogP) is 2.14. The first kappa shape index (κ1) is 20.2. The fourth-order valence-corrected chi connectivity index (χ4v) is 4.34. The Hall–Kier alpha value is -3.13. The molecule has 1 fully saturated rings. The van der Waals surface area contributed by atoms with Gasteiger partial charge in [-0.2, -0.15) is 0 Å². The van der Waals surface area contributed by atoms with Crippen LogP contribution in [0.2, 0.25) is 0 Å². The lowest BCUT2D eigenvalue weighted by molar-refractivity contribution is -0.916. The molecule has 8 heteroatoms. The van der Waals surface area contributed by atoms with Gasteiger partial charge in [-0.3, -0.25) is 14.9 Å². The molecule has 2 atom stereocenters. The maximum absolute atomic E-state index is 13.4. The van der Waals surface area contributed by atoms with E-state index < -0.39 is 11.0 Å². The molecule has 0 saturated heterocycles. The van der Waals surface area contributed by atoms with Gasteiger partial charge in [-0.05, 0) is 12.8 Å². The molecule has 4 rings (SSSR count). The van der Waals surface area contributed by atoms with Crippen LogP contribution in [0.15, 0.2) is 42.5 Å². The number of nitro groups is 1. The molecule has 1 heterocycles. The molecule has 158 valence electrons. The topological polar surface area (TPSA) is 95.1 Å². The van der Waals surface area contributed by atoms with Crippen molar-refractivity contribution in [3.63, 3.8) is 0 Å². The first-order valence-electron chi connectivity index (χ1n) is 10.3. The van der Waals surface area contributed by atoms with E-state index in [2.05, 4.69) is 5.32 Å². The van der Waals surface area contributed by atoms with E-state index in [9.17, 15) is 14.9 Å². The molecular weight excluding hydrogens is 386 g/mol. The van der Waals surface area contributed by atoms with E-state index in [-0.39, 0.29) is 24.4 Å². The highest BCUT2D eigenvalue weighted by Gasteiger charge is 2.38. The monoisotopic (exact) mass is 412 g/mol. The van der Waals surface area contributed by atoms with Crippen LogP contribution in [-0.4, -0.2) is 30.7 Å². The molecule has 0 spiro atoms. The Morgan fingerprint density at radius 1 is 1.20 bits per heavy atom. The van der Waals surface area contributed by atoms with Crippen LogP contribution in [0, 0.1) is 10.1 Å². The Morgan fingerprint density at radius 3 is 2.53 bits per heavy atom. The number of quaternary nitrogens is 1. The number of hydrogen-bond donors (Lipinski definition) is 2. The summed E-state index contributed by atoms with van der Waals surface area (Å²) in [6.07, 6.45) is 4.07. The SMILES string of the molecule is C[NH+](Cc1ccccc1)C(C(=O)NC1CCCC1)c1cc2c(cc1[N+](=O)[O-])OCO2. The highest BCUT2D eigenvalue weighted by atomic mass is 16.7. The van der Waals surface area contributed by atoms with Gasteiger partial charge in [0.25, 0.3) is 11.6 Å². The Balaban J connectivity index is 1.70. The molecule has 2 N–H and O–H groups in total. The van der Waals surface area contributed by atoms with E-state index in [1.807, 2.05) is 37.4 Å². The van der Waals surface area contributed by atoms with Crippen molar-refractivity contribution in [1.82, 2.24) is 5.32 Å². The number of nitrogens with zero attached hydrogens (tertiary/aromatic N) is 1. The van der Waals surface area contributed by atoms with E-state index in [4.69, 9.17) is 9.47 Å². The number of fused-ring (bicyclic) bond motifs is 1. The Labute approximate surface area is 174 Å². The second-order valence-electron chi connectivity index (χ2n) is 7.95. The molecule has 2 unspecified atom stereocenters. The lowest BCUT2D eigenvalue weighted by Crippen LogP contribution is -3.09. The largest absolute Gasteiger partial charge is 0.454 e. The Kier molecular flexibility index (Phi) is 5.85. The third kappa shape index (κ3) is 4.23. The van der Waals surface area contributed by atoms with Crippen LogP contribution in [0.5, 0.6) is 11.5 Å². The van der Waals surface area contributed by atoms with E-state index in [1.165, 1.54) is 6.07 Å². The number of nitro benzene ring substituents is 1. The standard InChI is InChI=1S/C22H25N3O5/c1-24(13-15-7-3-2-4-8-15)21(22(26)23-16-9-5-6-10-16)17-11-19-20(30-14-29-19)12-18(17)25(27)28/h2-4,7-8,11-12,16,21H,5-6,9-10,13-14H2,1H3,(H,23,26)/p+1. The number of rotatable bonds is 7. The summed E-state index contributed by atoms with van der Waals surface area (Å²) in [4.78, 5) is 25.6. The van der Waals surface area contributed by atoms with Crippen LogP contribution in [0.3, 0.4) is 0 Å². The lowest BCUT2D eigenvalue weighted by Gasteiger charge is -2.26. The molecule has 2 aromatic rings. The molecule has 1 amide bonds. The Bertz CT molecular complexity index is 928. The third-order valence-corrected chi connectivity index (χ3v) is 5.81. The minimum Gasteiger partial charge on any atom is -0.454 e. The van der Waals surface area contributed by atoms with Crippen LogP contribution < -0.4 is 19.7 Å². The maximum atomic E-state index is 13.4. The summed E-state index contributed by atoms with van der Waals surface area (Å²) < 4.78 is 10.8. The Morgan fingerprint density at radius 2 is 1.87 bits per heavy atom. The number of hydrogen-bond acceptors (Lipinski definition) is 5. The van der Waals surface area contributed by atoms with Gasteiger partial charge in [0, 0.05) is 17.7 Å². The number of amides is 1. The number of carbonyl (C=O) groups is 1. The van der Waals surface area contributed by atoms with Crippen LogP contribution in [0.25, 0.3) is 0 Å². The number of ether oxygens (including phenoxy) is 2. The zero-order valence-electron chi connectivity index (χ0n) is 16.9. The van der Waals surface area contributed by atoms with E-state index in [0.29, 0.717) is 23.6 Å². The smallest absolute Gasteiger partial charge is 0.283 e. The summed E-state index contributed by atoms with van der Waals surface area (Å²) in [6, 6.07) is 12.1. The summed E-state index contributed by atoms with van der Waals surface area (Å²) in [5.74, 6) is 0.570. The highest BCUT2D eigenvalue weighted by molar-refractivity contribution is 5.84. The molecule has 2 aliphatic rings. The van der Waals surface area contributed by atoms with Crippen molar-refractivity contribution in [2.24, 2.45) is 0 Å². The average Bonchev–Trinajstić information content (AvgIpc) is 3.39. The van der Waals surface area contributed by atoms with Gasteiger partial charge in [0.15, 0.2) is 17.5 Å². The fourth-order valence-electron chi connectivity index (χ4n) is 4.34. The van der Waals surface area contributed by atoms with Gasteiger partial charge in [0.05, 0.1) is 18.0 Å². The van der Waals surface area contributed by atoms with Crippen molar-refractivity contribution in [2.75, 3.05) is 13.8 Å². The third-order valence-electron chi connectivity index (χ3n) is 5.81. The van der Waals surface area contributed by atoms with Crippen molar-refractivity contribution >= 4 is 11.6 Å². The normalized spacial score (nSPS) is 17.5. The molecule has 1 aliphatic heterocycles. The molecule has 0 bridgehead atoms. The van der Waals surface area contributed by atoms with Crippen LogP contribution in [-0.2, 0) is 11.3 Å². The van der Waals surface area contributed by atoms with E-state index >= 15 is 0 Å². The van der Waals surface area contributed by atoms with Gasteiger partial charge in [0.2, 0.25) is 6.79 Å². The maximum Gasteiger partial charge on any atom is 0.283 e. The summed E-state index contributed by atoms with van der Waals surface area (Å²) in [5, 5.41) is 15.0. The van der Waals surface area contributed by atoms with Crippen molar-refractivity contribution in [3.8, 4) is 11.5 Å². The second-order valence-corrected chi connectivity index (χ2v) is 7.95. The molecule has 0 radical (unpaired) electrons. The zero-order valence-corrected chi connectivity index (χ0v) is 16.9. The minimum absolute atomic E-state index is 0.0155. The summed E-state index contributed by atoms with van der Waals surface area (Å²) >= 11 is 0. The molecule has 30 heavy (non-hydrogen) atoms. The fraction of sp³-hybridized carbons (Fsp3) is 0.409. The number of carbonyl (C=O) groups excluding carboxylic acids is 1. The summed E-state index contributed by atoms with van der Waals surface area (Å²) in [5.41, 5.74) is 1.27. The molecule has 8 nitrogen and oxygen atoms in total. The molecule has 1 saturated carbocycles. The predicted molar refractivity (Wildman–Crippen MR) is 109 cm³/mol. The highest BCUT2D eigenvalue weighted by Crippen LogP contribution is 2.39. The molecular formula is C22H26N3O5+. The van der Waals surface area contributed by atoms with Gasteiger partial charge >= 0.3 is 0 Å². The average molecular weight is 412 g/mol. The van der Waals surface area contributed by atoms with Crippen LogP contribution in [0.1, 0.15) is 42.9 Å². The van der Waals surface area contributed by atoms with Crippen molar-refractivity contribution in [3.05, 3.63) is 63.7 Å². The first-order chi connectivity index (χ1) is 14.5. The van der Waals surface area contributed by atoms with Crippen molar-refractivity contribution < 1.29 is 24.1 Å². The first-order valence-corrected chi connectivity index (χ1v) is 10.3. The van der Waals surface area contributed by atoms with Gasteiger partial charge in [-0.25, -0.2) is 0 Å². The number of benzene rings is 2. The second kappa shape index (κ2) is 8.71. The zero-order chi connectivity index (χ0) is 21.1. The van der Waals surface area contributed by atoms with Crippen LogP contribution >= 0.6 is 0 Å². The van der Waals surface area contributed by atoms with Gasteiger partial charge < -0.3 is 19.7 Å². The van der Waals surface area contributed by atoms with Gasteiger partial charge in [0.1, 0.15) is 12.1 Å². The van der Waals surface area contributed by atoms with E-state index in [0.717, 1.165) is 36.1 Å². The van der Waals surface area contributed by atoms with Gasteiger partial charge in [-0.1, -0.05) is 43.2 Å². The van der Waals surface area contributed by atoms with Crippen LogP contribution in [0.4, 0.5) is 5.69 Å². The minimum atomic E-state index is -0.749. The molecule has 0 aromatic heterocycles. The quantitative estimate of drug-likeness (QED) is 0.537. The summed E-state index contributed by atoms with van der Waals surface area (Å²) in [7, 11) is 1.89. The van der Waals surface area contributed by atoms with Gasteiger partial charge in [-0.15, -0.1) is 0 Å². The molecule has 2 aromatic carbocycles. The summed E-state index contributed by atoms with van der Waals surface area (Å²) in [6.45, 7) is 0.566. The van der Waals surface area contributed by atoms with Crippen molar-refractivity contribution in [1.29, 1.82) is 0 Å². The molecule has 1 aliphatic carbocycles. The van der Waals surface area contributed by atoms with E-state index in [1.54, 1.807) is 6.07 Å². The number of likely N-dealkylation sites (N-methyl/N-ethyl adjacent to an activating group) is 1. The lowest BCUT2D eigenvalue weighted by atomic mass is 10.00. The number of nitrogens with one attached hydrogen (secondary N) is 2.